The van der Waals surface area contributed by atoms with Gasteiger partial charge in [0.25, 0.3) is 0 Å². The maximum atomic E-state index is 17.9. The number of benzene rings is 1. The smallest absolute Gasteiger partial charge is 0.429 e. The summed E-state index contributed by atoms with van der Waals surface area (Å²) in [6.45, 7) is 7.79. The lowest BCUT2D eigenvalue weighted by molar-refractivity contribution is -0.234. The molecule has 77 heavy (non-hydrogen) atoms. The topological polar surface area (TPSA) is 288 Å². The molecule has 2 unspecified atom stereocenters. The van der Waals surface area contributed by atoms with E-state index in [1.165, 1.54) is 36.1 Å². The molecule has 422 valence electrons. The SMILES string of the molecule is CCCC1O[C@@H]2C[C@H]3[C@@H]4C[C@H](F)C5=CC(=O)C=C[C@]5(C)[C@@]4(F)[C@@H](O)C[C@]3(C)[C@]2(C(=O)COC(=O)OCc2ccc(NC(=O)[C@H](CCCNC(N)=O)NC(=O)[C@@H](NC(=O)CCCCCN3C(=O)CC(S)C3=O)C(C)C)cc2)O1. The van der Waals surface area contributed by atoms with Crippen molar-refractivity contribution in [3.05, 3.63) is 53.6 Å². The highest BCUT2D eigenvalue weighted by molar-refractivity contribution is 7.81. The maximum Gasteiger partial charge on any atom is 0.509 e. The van der Waals surface area contributed by atoms with Gasteiger partial charge < -0.3 is 51.1 Å². The number of halogens is 2. The number of hydrogen-bond acceptors (Lipinski definition) is 15. The molecule has 2 aliphatic heterocycles. The number of unbranched alkanes of at least 4 members (excludes halogenated alkanes) is 2. The Kier molecular flexibility index (Phi) is 18.4. The average molecular weight is 1100 g/mol. The number of carbonyl (C=O) groups is 9. The molecule has 6 aliphatic rings. The standard InChI is InChI=1S/C54H72F2N6O14S/c1-6-11-44-75-41-24-33-34-23-36(55)35-22-32(63)18-19-51(35,4)53(34,56)39(64)26-52(33,5)54(41,76-44)40(65)28-74-50(72)73-27-30-14-16-31(17-15-30)59-46(68)37(12-10-20-58-49(57)71)60-47(69)45(29(2)3)61-42(66)13-8-7-9-21-62-43(67)25-38(77)48(62)70/h14-19,22,29,33-34,36-39,41,44-45,64,77H,6-13,20-21,23-28H2,1-5H3,(H,59,68)(H,60,69)(H,61,66)(H3,57,58,71)/t33-,34-,36-,37-,38?,39-,41+,44?,45-,51-,52-,53-,54+/m0/s1. The first-order valence-corrected chi connectivity index (χ1v) is 27.1. The largest absolute Gasteiger partial charge is 0.509 e. The van der Waals surface area contributed by atoms with Gasteiger partial charge in [-0.2, -0.15) is 12.6 Å². The molecule has 3 saturated carbocycles. The summed E-state index contributed by atoms with van der Waals surface area (Å²) in [7, 11) is 0. The number of rotatable bonds is 23. The highest BCUT2D eigenvalue weighted by Crippen LogP contribution is 2.72. The van der Waals surface area contributed by atoms with Gasteiger partial charge in [0.05, 0.1) is 17.5 Å². The van der Waals surface area contributed by atoms with Gasteiger partial charge in [-0.3, -0.25) is 38.5 Å². The molecule has 20 nitrogen and oxygen atoms in total. The Bertz CT molecular complexity index is 2530. The predicted octanol–water partition coefficient (Wildman–Crippen LogP) is 4.75. The highest BCUT2D eigenvalue weighted by atomic mass is 32.1. The van der Waals surface area contributed by atoms with E-state index in [0.717, 1.165) is 6.08 Å². The van der Waals surface area contributed by atoms with Gasteiger partial charge in [0.15, 0.2) is 29.9 Å². The molecule has 7 rings (SSSR count). The Morgan fingerprint density at radius 1 is 0.974 bits per heavy atom. The number of likely N-dealkylation sites (tertiary alicyclic amines) is 1. The number of carbonyl (C=O) groups excluding carboxylic acids is 9. The molecule has 2 heterocycles. The van der Waals surface area contributed by atoms with Crippen molar-refractivity contribution in [3.8, 4) is 0 Å². The third-order valence-corrected chi connectivity index (χ3v) is 17.0. The summed E-state index contributed by atoms with van der Waals surface area (Å²) < 4.78 is 57.5. The second-order valence-electron chi connectivity index (χ2n) is 21.9. The van der Waals surface area contributed by atoms with Gasteiger partial charge in [-0.1, -0.05) is 58.7 Å². The van der Waals surface area contributed by atoms with Gasteiger partial charge in [-0.15, -0.1) is 0 Å². The van der Waals surface area contributed by atoms with Crippen LogP contribution in [0, 0.1) is 28.6 Å². The number of ketones is 2. The monoisotopic (exact) mass is 1100 g/mol. The van der Waals surface area contributed by atoms with E-state index in [4.69, 9.17) is 24.7 Å². The lowest BCUT2D eigenvalue weighted by Crippen LogP contribution is -2.71. The molecule has 7 N–H and O–H groups in total. The molecular formula is C54H72F2N6O14S. The van der Waals surface area contributed by atoms with Crippen LogP contribution in [0.1, 0.15) is 117 Å². The van der Waals surface area contributed by atoms with E-state index in [1.807, 2.05) is 6.92 Å². The first-order chi connectivity index (χ1) is 36.4. The number of allylic oxidation sites excluding steroid dienone is 4. The van der Waals surface area contributed by atoms with Crippen molar-refractivity contribution in [2.45, 2.75) is 172 Å². The number of aliphatic hydroxyl groups excluding tert-OH is 1. The Morgan fingerprint density at radius 2 is 1.70 bits per heavy atom. The number of imide groups is 1. The van der Waals surface area contributed by atoms with E-state index in [2.05, 4.69) is 33.9 Å². The van der Waals surface area contributed by atoms with Crippen molar-refractivity contribution in [3.63, 3.8) is 0 Å². The zero-order valence-corrected chi connectivity index (χ0v) is 45.0. The van der Waals surface area contributed by atoms with Crippen LogP contribution >= 0.6 is 12.6 Å². The first kappa shape index (κ1) is 58.9. The summed E-state index contributed by atoms with van der Waals surface area (Å²) in [4.78, 5) is 117. The third kappa shape index (κ3) is 11.8. The quantitative estimate of drug-likeness (QED) is 0.0337. The summed E-state index contributed by atoms with van der Waals surface area (Å²) in [5.41, 5.74) is -1.17. The Balaban J connectivity index is 0.927. The number of amides is 7. The van der Waals surface area contributed by atoms with Gasteiger partial charge in [0, 0.05) is 48.4 Å². The molecule has 23 heteroatoms. The summed E-state index contributed by atoms with van der Waals surface area (Å²) in [5.74, 6) is -5.57. The Hall–Kier alpha value is -5.78. The number of nitrogens with one attached hydrogen (secondary N) is 4. The number of ether oxygens (including phenoxy) is 4. The number of thiol groups is 1. The number of primary amides is 1. The van der Waals surface area contributed by atoms with Crippen LogP contribution in [-0.4, -0.2) is 136 Å². The van der Waals surface area contributed by atoms with Gasteiger partial charge in [0.2, 0.25) is 35.3 Å². The number of urea groups is 1. The molecule has 0 radical (unpaired) electrons. The molecule has 0 bridgehead atoms. The van der Waals surface area contributed by atoms with Gasteiger partial charge in [-0.05, 0) is 106 Å². The van der Waals surface area contributed by atoms with Crippen LogP contribution in [0.15, 0.2) is 48.1 Å². The second-order valence-corrected chi connectivity index (χ2v) is 22.5. The average Bonchev–Trinajstić information content (AvgIpc) is 4.08. The Morgan fingerprint density at radius 3 is 2.36 bits per heavy atom. The van der Waals surface area contributed by atoms with E-state index < -0.39 is 124 Å². The Labute approximate surface area is 451 Å². The van der Waals surface area contributed by atoms with Crippen molar-refractivity contribution >= 4 is 71.6 Å². The van der Waals surface area contributed by atoms with Crippen LogP contribution in [0.25, 0.3) is 0 Å². The third-order valence-electron chi connectivity index (χ3n) is 16.6. The molecule has 13 atom stereocenters. The van der Waals surface area contributed by atoms with Gasteiger partial charge >= 0.3 is 12.2 Å². The van der Waals surface area contributed by atoms with E-state index in [9.17, 15) is 48.3 Å². The summed E-state index contributed by atoms with van der Waals surface area (Å²) in [5, 5.41) is 21.9. The lowest BCUT2D eigenvalue weighted by atomic mass is 9.44. The first-order valence-electron chi connectivity index (χ1n) is 26.6. The molecule has 1 aromatic carbocycles. The predicted molar refractivity (Wildman–Crippen MR) is 276 cm³/mol. The molecule has 5 fully saturated rings. The van der Waals surface area contributed by atoms with Crippen LogP contribution in [0.5, 0.6) is 0 Å². The minimum atomic E-state index is -2.39. The number of nitrogens with two attached hydrogens (primary N) is 1. The zero-order chi connectivity index (χ0) is 56.2. The molecule has 0 aromatic heterocycles. The highest BCUT2D eigenvalue weighted by Gasteiger charge is 2.80. The number of hydrogen-bond donors (Lipinski definition) is 7. The van der Waals surface area contributed by atoms with Crippen molar-refractivity contribution in [2.75, 3.05) is 25.0 Å². The fourth-order valence-corrected chi connectivity index (χ4v) is 13.0. The van der Waals surface area contributed by atoms with Crippen molar-refractivity contribution < 1.29 is 76.0 Å². The second kappa shape index (κ2) is 24.1. The molecule has 4 aliphatic carbocycles. The van der Waals surface area contributed by atoms with Gasteiger partial charge in [0.1, 0.15) is 24.9 Å². The normalized spacial score (nSPS) is 31.8. The lowest BCUT2D eigenvalue weighted by Gasteiger charge is -2.63. The molecule has 1 aromatic rings. The summed E-state index contributed by atoms with van der Waals surface area (Å²) in [6.07, 6.45) is -0.188. The van der Waals surface area contributed by atoms with E-state index >= 15 is 8.78 Å². The number of alkyl halides is 2. The molecule has 0 spiro atoms. The van der Waals surface area contributed by atoms with Crippen molar-refractivity contribution in [1.29, 1.82) is 0 Å². The fourth-order valence-electron chi connectivity index (χ4n) is 12.7. The van der Waals surface area contributed by atoms with Gasteiger partial charge in [-0.25, -0.2) is 18.4 Å². The molecule has 2 saturated heterocycles. The van der Waals surface area contributed by atoms with Crippen LogP contribution in [0.2, 0.25) is 0 Å². The minimum Gasteiger partial charge on any atom is -0.429 e. The number of anilines is 1. The van der Waals surface area contributed by atoms with Crippen LogP contribution in [-0.2, 0) is 59.1 Å². The molecule has 7 amide bonds. The van der Waals surface area contributed by atoms with Crippen LogP contribution < -0.4 is 27.0 Å². The number of Topliss-reactive ketones (excluding diaryl/α,β-unsaturated/α-hetero) is 1. The minimum absolute atomic E-state index is 0.0260. The van der Waals surface area contributed by atoms with Crippen molar-refractivity contribution in [2.24, 2.45) is 34.3 Å². The van der Waals surface area contributed by atoms with Crippen molar-refractivity contribution in [1.82, 2.24) is 20.9 Å². The zero-order valence-electron chi connectivity index (χ0n) is 44.1. The van der Waals surface area contributed by atoms with Crippen LogP contribution in [0.3, 0.4) is 0 Å². The number of fused-ring (bicyclic) bond motifs is 7. The summed E-state index contributed by atoms with van der Waals surface area (Å²) >= 11 is 4.13. The fraction of sp³-hybridized carbons (Fsp3) is 0.648. The maximum absolute atomic E-state index is 17.9. The van der Waals surface area contributed by atoms with E-state index in [0.29, 0.717) is 43.4 Å². The summed E-state index contributed by atoms with van der Waals surface area (Å²) in [6, 6.07) is 3.26. The molecular weight excluding hydrogens is 1030 g/mol. The van der Waals surface area contributed by atoms with E-state index in [-0.39, 0.29) is 87.9 Å². The van der Waals surface area contributed by atoms with E-state index in [1.54, 1.807) is 32.9 Å². The van der Waals surface area contributed by atoms with Crippen LogP contribution in [0.4, 0.5) is 24.1 Å². The number of aliphatic hydroxyl groups is 1. The number of nitrogens with zero attached hydrogens (tertiary/aromatic N) is 1.